The van der Waals surface area contributed by atoms with Crippen molar-refractivity contribution in [3.63, 3.8) is 0 Å². The number of rotatable bonds is 4. The highest BCUT2D eigenvalue weighted by molar-refractivity contribution is 8.13. The van der Waals surface area contributed by atoms with Gasteiger partial charge in [0.15, 0.2) is 5.17 Å². The minimum Gasteiger partial charge on any atom is -0.356 e. The van der Waals surface area contributed by atoms with E-state index in [4.69, 9.17) is 0 Å². The molecule has 1 amide bonds. The molecule has 0 bridgehead atoms. The molecule has 4 nitrogen and oxygen atoms in total. The van der Waals surface area contributed by atoms with Gasteiger partial charge in [-0.2, -0.15) is 0 Å². The average molecular weight is 283 g/mol. The van der Waals surface area contributed by atoms with E-state index >= 15 is 0 Å². The molecule has 19 heavy (non-hydrogen) atoms. The molecule has 2 aliphatic rings. The van der Waals surface area contributed by atoms with Gasteiger partial charge in [-0.15, -0.1) is 0 Å². The number of thioether (sulfide) groups is 1. The summed E-state index contributed by atoms with van der Waals surface area (Å²) in [7, 11) is 0. The van der Waals surface area contributed by atoms with Gasteiger partial charge in [-0.3, -0.25) is 9.79 Å². The smallest absolute Gasteiger partial charge is 0.239 e. The first-order chi connectivity index (χ1) is 9.10. The Hall–Kier alpha value is -0.710. The molecule has 1 aliphatic heterocycles. The number of carbonyl (C=O) groups is 1. The Morgan fingerprint density at radius 3 is 2.74 bits per heavy atom. The molecule has 0 radical (unpaired) electrons. The highest BCUT2D eigenvalue weighted by atomic mass is 32.2. The molecule has 1 fully saturated rings. The number of amides is 1. The molecule has 5 heteroatoms. The van der Waals surface area contributed by atoms with Crippen molar-refractivity contribution in [1.82, 2.24) is 10.6 Å². The third-order valence-corrected chi connectivity index (χ3v) is 5.15. The third-order valence-electron chi connectivity index (χ3n) is 3.85. The zero-order chi connectivity index (χ0) is 13.7. The molecule has 0 aromatic heterocycles. The van der Waals surface area contributed by atoms with E-state index in [0.717, 1.165) is 24.0 Å². The maximum Gasteiger partial charge on any atom is 0.239 e. The lowest BCUT2D eigenvalue weighted by Crippen LogP contribution is -2.40. The largest absolute Gasteiger partial charge is 0.356 e. The molecule has 0 aromatic carbocycles. The Morgan fingerprint density at radius 2 is 2.16 bits per heavy atom. The van der Waals surface area contributed by atoms with Crippen molar-refractivity contribution < 1.29 is 4.79 Å². The molecular formula is C14H25N3OS. The molecule has 1 heterocycles. The van der Waals surface area contributed by atoms with Gasteiger partial charge in [-0.1, -0.05) is 38.5 Å². The van der Waals surface area contributed by atoms with Crippen LogP contribution >= 0.6 is 11.8 Å². The van der Waals surface area contributed by atoms with Crippen molar-refractivity contribution in [1.29, 1.82) is 0 Å². The van der Waals surface area contributed by atoms with E-state index in [-0.39, 0.29) is 5.91 Å². The van der Waals surface area contributed by atoms with Crippen LogP contribution in [0.3, 0.4) is 0 Å². The van der Waals surface area contributed by atoms with Crippen LogP contribution in [-0.4, -0.2) is 36.5 Å². The predicted molar refractivity (Wildman–Crippen MR) is 81.5 cm³/mol. The quantitative estimate of drug-likeness (QED) is 0.830. The lowest BCUT2D eigenvalue weighted by Gasteiger charge is -2.31. The van der Waals surface area contributed by atoms with Crippen molar-refractivity contribution in [3.05, 3.63) is 0 Å². The number of hydrogen-bond acceptors (Lipinski definition) is 4. The van der Waals surface area contributed by atoms with Gasteiger partial charge in [0.25, 0.3) is 0 Å². The van der Waals surface area contributed by atoms with E-state index in [1.54, 1.807) is 11.8 Å². The minimum atomic E-state index is 0.0538. The van der Waals surface area contributed by atoms with Crippen LogP contribution in [0.25, 0.3) is 0 Å². The monoisotopic (exact) mass is 283 g/mol. The Balaban J connectivity index is 1.69. The zero-order valence-corrected chi connectivity index (χ0v) is 12.8. The van der Waals surface area contributed by atoms with E-state index in [0.29, 0.717) is 17.9 Å². The van der Waals surface area contributed by atoms with Crippen LogP contribution in [0.2, 0.25) is 0 Å². The molecule has 1 saturated carbocycles. The van der Waals surface area contributed by atoms with Gasteiger partial charge >= 0.3 is 0 Å². The number of nitrogens with zero attached hydrogens (tertiary/aromatic N) is 1. The summed E-state index contributed by atoms with van der Waals surface area (Å²) < 4.78 is 0. The Bertz CT molecular complexity index is 349. The van der Waals surface area contributed by atoms with Gasteiger partial charge in [-0.05, 0) is 24.2 Å². The third kappa shape index (κ3) is 4.41. The lowest BCUT2D eigenvalue weighted by molar-refractivity contribution is -0.120. The van der Waals surface area contributed by atoms with Crippen LogP contribution in [0.5, 0.6) is 0 Å². The second kappa shape index (κ2) is 6.64. The number of carbonyl (C=O) groups excluding carboxylic acids is 1. The predicted octanol–water partition coefficient (Wildman–Crippen LogP) is 2.01. The van der Waals surface area contributed by atoms with Gasteiger partial charge < -0.3 is 10.6 Å². The Morgan fingerprint density at radius 1 is 1.42 bits per heavy atom. The number of hydrogen-bond donors (Lipinski definition) is 2. The fourth-order valence-electron chi connectivity index (χ4n) is 2.62. The molecule has 1 aliphatic carbocycles. The first-order valence-electron chi connectivity index (χ1n) is 7.27. The van der Waals surface area contributed by atoms with Crippen LogP contribution < -0.4 is 10.6 Å². The van der Waals surface area contributed by atoms with Crippen LogP contribution in [0.15, 0.2) is 4.99 Å². The molecule has 0 saturated heterocycles. The van der Waals surface area contributed by atoms with Crippen molar-refractivity contribution >= 4 is 22.8 Å². The Labute approximate surface area is 120 Å². The van der Waals surface area contributed by atoms with Crippen LogP contribution in [0.1, 0.15) is 39.5 Å². The van der Waals surface area contributed by atoms with E-state index < -0.39 is 0 Å². The van der Waals surface area contributed by atoms with E-state index in [1.165, 1.54) is 25.7 Å². The summed E-state index contributed by atoms with van der Waals surface area (Å²) in [5.74, 6) is 1.71. The normalized spacial score (nSPS) is 21.5. The highest BCUT2D eigenvalue weighted by Gasteiger charge is 2.36. The fourth-order valence-corrected chi connectivity index (χ4v) is 3.78. The van der Waals surface area contributed by atoms with E-state index in [2.05, 4.69) is 29.5 Å². The number of nitrogens with one attached hydrogen (secondary N) is 2. The second-order valence-corrected chi connectivity index (χ2v) is 7.13. The molecule has 2 N–H and O–H groups in total. The maximum absolute atomic E-state index is 11.6. The van der Waals surface area contributed by atoms with Crippen molar-refractivity contribution in [2.75, 3.05) is 25.4 Å². The van der Waals surface area contributed by atoms with Gasteiger partial charge in [0.1, 0.15) is 0 Å². The summed E-state index contributed by atoms with van der Waals surface area (Å²) in [4.78, 5) is 16.2. The molecule has 0 atom stereocenters. The molecule has 1 spiro atoms. The van der Waals surface area contributed by atoms with E-state index in [9.17, 15) is 4.79 Å². The minimum absolute atomic E-state index is 0.0538. The summed E-state index contributed by atoms with van der Waals surface area (Å²) in [6.45, 7) is 6.20. The summed E-state index contributed by atoms with van der Waals surface area (Å²) >= 11 is 1.78. The maximum atomic E-state index is 11.6. The second-order valence-electron chi connectivity index (χ2n) is 6.17. The first kappa shape index (κ1) is 14.7. The highest BCUT2D eigenvalue weighted by Crippen LogP contribution is 2.43. The van der Waals surface area contributed by atoms with Crippen molar-refractivity contribution in [2.45, 2.75) is 39.5 Å². The fraction of sp³-hybridized carbons (Fsp3) is 0.857. The average Bonchev–Trinajstić information content (AvgIpc) is 2.84. The van der Waals surface area contributed by atoms with Crippen LogP contribution in [0.4, 0.5) is 0 Å². The van der Waals surface area contributed by atoms with Crippen LogP contribution in [0, 0.1) is 11.3 Å². The molecule has 2 rings (SSSR count). The topological polar surface area (TPSA) is 53.5 Å². The van der Waals surface area contributed by atoms with Crippen molar-refractivity contribution in [2.24, 2.45) is 16.3 Å². The molecule has 0 aromatic rings. The van der Waals surface area contributed by atoms with Gasteiger partial charge in [0.05, 0.1) is 6.54 Å². The van der Waals surface area contributed by atoms with Crippen LogP contribution in [-0.2, 0) is 4.79 Å². The first-order valence-corrected chi connectivity index (χ1v) is 8.26. The molecule has 108 valence electrons. The van der Waals surface area contributed by atoms with Gasteiger partial charge in [0.2, 0.25) is 5.91 Å². The zero-order valence-electron chi connectivity index (χ0n) is 12.0. The summed E-state index contributed by atoms with van der Waals surface area (Å²) in [5.41, 5.74) is 0.468. The number of amidine groups is 1. The Kier molecular flexibility index (Phi) is 5.13. The summed E-state index contributed by atoms with van der Waals surface area (Å²) in [6.07, 6.45) is 5.37. The lowest BCUT2D eigenvalue weighted by atomic mass is 9.89. The summed E-state index contributed by atoms with van der Waals surface area (Å²) in [5, 5.41) is 7.00. The number of aliphatic imine (C=N–C) groups is 1. The van der Waals surface area contributed by atoms with Gasteiger partial charge in [-0.25, -0.2) is 0 Å². The summed E-state index contributed by atoms with van der Waals surface area (Å²) in [6, 6.07) is 0. The van der Waals surface area contributed by atoms with E-state index in [1.807, 2.05) is 0 Å². The SMILES string of the molecule is CC(C)CNC(=O)CNC1=NCC2(CCCC2)CS1. The molecular weight excluding hydrogens is 258 g/mol. The standard InChI is InChI=1S/C14H25N3OS/c1-11(2)7-15-12(18)8-16-13-17-9-14(10-19-13)5-3-4-6-14/h11H,3-10H2,1-2H3,(H,15,18)(H,16,17). The van der Waals surface area contributed by atoms with Crippen molar-refractivity contribution in [3.8, 4) is 0 Å². The van der Waals surface area contributed by atoms with Gasteiger partial charge in [0, 0.05) is 18.8 Å². The molecule has 0 unspecified atom stereocenters.